The first-order valence-electron chi connectivity index (χ1n) is 4.76. The zero-order valence-electron chi connectivity index (χ0n) is 8.74. The van der Waals surface area contributed by atoms with Crippen molar-refractivity contribution < 1.29 is 14.0 Å². The standard InChI is InChI=1S/C11H9N3O3/c12-10(8-3-5-13-6-4-8)14-17-11(15)9-2-1-7-16-9/h1-7H,(H2,12,14). The van der Waals surface area contributed by atoms with E-state index in [4.69, 9.17) is 10.2 Å². The fourth-order valence-corrected chi connectivity index (χ4v) is 1.11. The molecule has 2 rings (SSSR count). The van der Waals surface area contributed by atoms with Crippen molar-refractivity contribution in [1.29, 1.82) is 0 Å². The van der Waals surface area contributed by atoms with Crippen molar-refractivity contribution in [3.63, 3.8) is 0 Å². The number of hydrogen-bond acceptors (Lipinski definition) is 5. The lowest BCUT2D eigenvalue weighted by Crippen LogP contribution is -2.15. The third kappa shape index (κ3) is 2.69. The molecule has 0 spiro atoms. The average molecular weight is 231 g/mol. The van der Waals surface area contributed by atoms with E-state index in [1.807, 2.05) is 0 Å². The molecule has 0 atom stereocenters. The molecule has 0 unspecified atom stereocenters. The smallest absolute Gasteiger partial charge is 0.400 e. The van der Waals surface area contributed by atoms with Crippen molar-refractivity contribution in [2.24, 2.45) is 10.9 Å². The van der Waals surface area contributed by atoms with Gasteiger partial charge in [-0.2, -0.15) is 0 Å². The van der Waals surface area contributed by atoms with E-state index < -0.39 is 5.97 Å². The Balaban J connectivity index is 2.04. The summed E-state index contributed by atoms with van der Waals surface area (Å²) in [6.07, 6.45) is 4.49. The van der Waals surface area contributed by atoms with Crippen LogP contribution in [0.4, 0.5) is 0 Å². The first-order valence-corrected chi connectivity index (χ1v) is 4.76. The molecule has 2 aromatic rings. The Morgan fingerprint density at radius 2 is 2.12 bits per heavy atom. The Morgan fingerprint density at radius 1 is 1.35 bits per heavy atom. The molecule has 2 N–H and O–H groups in total. The van der Waals surface area contributed by atoms with Gasteiger partial charge in [0, 0.05) is 18.0 Å². The lowest BCUT2D eigenvalue weighted by molar-refractivity contribution is 0.0479. The second-order valence-corrected chi connectivity index (χ2v) is 3.07. The van der Waals surface area contributed by atoms with E-state index in [0.29, 0.717) is 5.56 Å². The predicted molar refractivity (Wildman–Crippen MR) is 59.1 cm³/mol. The number of carbonyl (C=O) groups is 1. The predicted octanol–water partition coefficient (Wildman–Crippen LogP) is 1.15. The highest BCUT2D eigenvalue weighted by atomic mass is 16.7. The maximum atomic E-state index is 11.4. The van der Waals surface area contributed by atoms with Crippen LogP contribution in [-0.4, -0.2) is 16.8 Å². The minimum Gasteiger partial charge on any atom is -0.457 e. The van der Waals surface area contributed by atoms with Crippen LogP contribution in [0.25, 0.3) is 0 Å². The van der Waals surface area contributed by atoms with Crippen LogP contribution in [0.1, 0.15) is 16.1 Å². The molecule has 0 aliphatic carbocycles. The van der Waals surface area contributed by atoms with Gasteiger partial charge in [0.15, 0.2) is 5.84 Å². The highest BCUT2D eigenvalue weighted by Gasteiger charge is 2.10. The molecular formula is C11H9N3O3. The van der Waals surface area contributed by atoms with Gasteiger partial charge in [-0.3, -0.25) is 4.98 Å². The van der Waals surface area contributed by atoms with E-state index in [9.17, 15) is 4.79 Å². The summed E-state index contributed by atoms with van der Waals surface area (Å²) in [6, 6.07) is 6.35. The van der Waals surface area contributed by atoms with Gasteiger partial charge in [-0.15, -0.1) is 0 Å². The van der Waals surface area contributed by atoms with Gasteiger partial charge in [0.1, 0.15) is 0 Å². The van der Waals surface area contributed by atoms with Gasteiger partial charge < -0.3 is 15.0 Å². The quantitative estimate of drug-likeness (QED) is 0.370. The SMILES string of the molecule is N/C(=N/OC(=O)c1ccco1)c1ccncc1. The van der Waals surface area contributed by atoms with Gasteiger partial charge in [0.25, 0.3) is 0 Å². The minimum absolute atomic E-state index is 0.0660. The number of nitrogens with zero attached hydrogens (tertiary/aromatic N) is 2. The van der Waals surface area contributed by atoms with Crippen LogP contribution >= 0.6 is 0 Å². The number of carbonyl (C=O) groups excluding carboxylic acids is 1. The molecule has 0 amide bonds. The molecule has 0 saturated heterocycles. The second kappa shape index (κ2) is 4.93. The highest BCUT2D eigenvalue weighted by Crippen LogP contribution is 2.03. The lowest BCUT2D eigenvalue weighted by Gasteiger charge is -1.98. The summed E-state index contributed by atoms with van der Waals surface area (Å²) in [5, 5.41) is 3.51. The average Bonchev–Trinajstić information content (AvgIpc) is 2.90. The fourth-order valence-electron chi connectivity index (χ4n) is 1.11. The lowest BCUT2D eigenvalue weighted by atomic mass is 10.2. The maximum absolute atomic E-state index is 11.4. The molecule has 0 aliphatic rings. The number of nitrogens with two attached hydrogens (primary N) is 1. The maximum Gasteiger partial charge on any atom is 0.400 e. The fraction of sp³-hybridized carbons (Fsp3) is 0. The molecule has 0 fully saturated rings. The molecular weight excluding hydrogens is 222 g/mol. The van der Waals surface area contributed by atoms with Crippen molar-refractivity contribution in [3.8, 4) is 0 Å². The number of furan rings is 1. The van der Waals surface area contributed by atoms with Crippen molar-refractivity contribution in [1.82, 2.24) is 4.98 Å². The minimum atomic E-state index is -0.702. The summed E-state index contributed by atoms with van der Waals surface area (Å²) in [6.45, 7) is 0. The molecule has 0 aromatic carbocycles. The molecule has 86 valence electrons. The van der Waals surface area contributed by atoms with E-state index in [1.165, 1.54) is 12.3 Å². The van der Waals surface area contributed by atoms with Crippen LogP contribution in [0.15, 0.2) is 52.5 Å². The van der Waals surface area contributed by atoms with Crippen LogP contribution in [0.2, 0.25) is 0 Å². The van der Waals surface area contributed by atoms with E-state index in [2.05, 4.69) is 15.0 Å². The number of aromatic nitrogens is 1. The number of rotatable bonds is 3. The van der Waals surface area contributed by atoms with Crippen molar-refractivity contribution in [3.05, 3.63) is 54.2 Å². The molecule has 0 aliphatic heterocycles. The highest BCUT2D eigenvalue weighted by molar-refractivity contribution is 5.97. The second-order valence-electron chi connectivity index (χ2n) is 3.07. The summed E-state index contributed by atoms with van der Waals surface area (Å²) in [7, 11) is 0. The molecule has 0 saturated carbocycles. The first-order chi connectivity index (χ1) is 8.27. The molecule has 0 bridgehead atoms. The Kier molecular flexibility index (Phi) is 3.15. The molecule has 2 heterocycles. The van der Waals surface area contributed by atoms with Crippen molar-refractivity contribution in [2.75, 3.05) is 0 Å². The van der Waals surface area contributed by atoms with Gasteiger partial charge in [0.2, 0.25) is 5.76 Å². The first kappa shape index (κ1) is 10.9. The van der Waals surface area contributed by atoms with Crippen LogP contribution < -0.4 is 5.73 Å². The molecule has 2 aromatic heterocycles. The Labute approximate surface area is 96.7 Å². The third-order valence-electron chi connectivity index (χ3n) is 1.93. The van der Waals surface area contributed by atoms with E-state index in [0.717, 1.165) is 0 Å². The Bertz CT molecular complexity index is 520. The topological polar surface area (TPSA) is 90.7 Å². The van der Waals surface area contributed by atoms with Crippen LogP contribution in [0.5, 0.6) is 0 Å². The summed E-state index contributed by atoms with van der Waals surface area (Å²) in [5.41, 5.74) is 6.23. The number of hydrogen-bond donors (Lipinski definition) is 1. The summed E-state index contributed by atoms with van der Waals surface area (Å²) in [5.74, 6) is -0.546. The number of oxime groups is 1. The van der Waals surface area contributed by atoms with Gasteiger partial charge in [-0.25, -0.2) is 4.79 Å². The number of pyridine rings is 1. The number of amidine groups is 1. The molecule has 0 radical (unpaired) electrons. The largest absolute Gasteiger partial charge is 0.457 e. The monoisotopic (exact) mass is 231 g/mol. The van der Waals surface area contributed by atoms with Gasteiger partial charge in [-0.05, 0) is 24.3 Å². The van der Waals surface area contributed by atoms with Crippen LogP contribution in [0.3, 0.4) is 0 Å². The van der Waals surface area contributed by atoms with Crippen molar-refractivity contribution in [2.45, 2.75) is 0 Å². The summed E-state index contributed by atoms with van der Waals surface area (Å²) in [4.78, 5) is 19.8. The summed E-state index contributed by atoms with van der Waals surface area (Å²) < 4.78 is 4.84. The summed E-state index contributed by atoms with van der Waals surface area (Å²) >= 11 is 0. The normalized spacial score (nSPS) is 11.2. The Hall–Kier alpha value is -2.63. The van der Waals surface area contributed by atoms with Gasteiger partial charge in [-0.1, -0.05) is 5.16 Å². The van der Waals surface area contributed by atoms with Gasteiger partial charge >= 0.3 is 5.97 Å². The molecule has 6 nitrogen and oxygen atoms in total. The zero-order valence-corrected chi connectivity index (χ0v) is 8.74. The third-order valence-corrected chi connectivity index (χ3v) is 1.93. The van der Waals surface area contributed by atoms with E-state index >= 15 is 0 Å². The molecule has 6 heteroatoms. The van der Waals surface area contributed by atoms with E-state index in [-0.39, 0.29) is 11.6 Å². The van der Waals surface area contributed by atoms with E-state index in [1.54, 1.807) is 30.6 Å². The zero-order chi connectivity index (χ0) is 12.1. The Morgan fingerprint density at radius 3 is 2.76 bits per heavy atom. The van der Waals surface area contributed by atoms with Crippen molar-refractivity contribution >= 4 is 11.8 Å². The molecule has 17 heavy (non-hydrogen) atoms. The van der Waals surface area contributed by atoms with Crippen LogP contribution in [0, 0.1) is 0 Å². The van der Waals surface area contributed by atoms with Crippen LogP contribution in [-0.2, 0) is 4.84 Å². The van der Waals surface area contributed by atoms with Gasteiger partial charge in [0.05, 0.1) is 6.26 Å².